The van der Waals surface area contributed by atoms with Gasteiger partial charge < -0.3 is 9.64 Å². The van der Waals surface area contributed by atoms with E-state index in [-0.39, 0.29) is 11.3 Å². The molecule has 1 aliphatic heterocycles. The smallest absolute Gasteiger partial charge is 0.265 e. The molecule has 0 N–H and O–H groups in total. The van der Waals surface area contributed by atoms with E-state index < -0.39 is 0 Å². The molecule has 1 spiro atoms. The summed E-state index contributed by atoms with van der Waals surface area (Å²) in [5, 5.41) is 9.34. The molecular weight excluding hydrogens is 382 g/mol. The molecule has 0 aromatic heterocycles. The lowest BCUT2D eigenvalue weighted by atomic mass is 9.88. The first-order valence-electron chi connectivity index (χ1n) is 10.6. The van der Waals surface area contributed by atoms with Crippen LogP contribution in [0.15, 0.2) is 83.8 Å². The van der Waals surface area contributed by atoms with Crippen LogP contribution in [0.1, 0.15) is 37.7 Å². The Morgan fingerprint density at radius 2 is 1.74 bits per heavy atom. The number of nitriles is 1. The Morgan fingerprint density at radius 1 is 1.06 bits per heavy atom. The number of hydrogen-bond acceptors (Lipinski definition) is 3. The predicted molar refractivity (Wildman–Crippen MR) is 124 cm³/mol. The van der Waals surface area contributed by atoms with Gasteiger partial charge in [0.2, 0.25) is 0 Å². The normalized spacial score (nSPS) is 18.7. The van der Waals surface area contributed by atoms with Gasteiger partial charge in [0.05, 0.1) is 12.6 Å². The summed E-state index contributed by atoms with van der Waals surface area (Å²) in [6.07, 6.45) is 10.7. The second-order valence-electron chi connectivity index (χ2n) is 8.13. The third kappa shape index (κ3) is 4.55. The molecule has 0 radical (unpaired) electrons. The second kappa shape index (κ2) is 8.94. The van der Waals surface area contributed by atoms with E-state index in [4.69, 9.17) is 11.3 Å². The molecule has 31 heavy (non-hydrogen) atoms. The van der Waals surface area contributed by atoms with E-state index in [1.165, 1.54) is 0 Å². The lowest BCUT2D eigenvalue weighted by molar-refractivity contribution is 0.00776. The summed E-state index contributed by atoms with van der Waals surface area (Å²) in [4.78, 5) is 5.58. The minimum absolute atomic E-state index is 0.175. The van der Waals surface area contributed by atoms with Crippen LogP contribution in [0, 0.1) is 17.9 Å². The van der Waals surface area contributed by atoms with Crippen LogP contribution < -0.4 is 4.90 Å². The van der Waals surface area contributed by atoms with Crippen molar-refractivity contribution in [2.45, 2.75) is 37.7 Å². The number of para-hydroxylation sites is 1. The standard InChI is InChI=1S/C27H25N3O/c1-29-26(20-28)22-18-25(31-27(19-22)16-6-7-17-27)15-12-21-10-13-24(14-11-21)30(2)23-8-4-3-5-9-23/h3-5,8-15,18H,6-7,16-17,19H2,2H3/b15-12+,26-22-. The minimum Gasteiger partial charge on any atom is -0.487 e. The Morgan fingerprint density at radius 3 is 2.39 bits per heavy atom. The summed E-state index contributed by atoms with van der Waals surface area (Å²) in [5.74, 6) is 0.727. The Hall–Kier alpha value is -3.76. The lowest BCUT2D eigenvalue weighted by Crippen LogP contribution is -2.31. The van der Waals surface area contributed by atoms with Gasteiger partial charge >= 0.3 is 0 Å². The van der Waals surface area contributed by atoms with E-state index in [9.17, 15) is 5.26 Å². The van der Waals surface area contributed by atoms with Gasteiger partial charge in [0.25, 0.3) is 5.70 Å². The molecule has 2 aromatic rings. The zero-order valence-corrected chi connectivity index (χ0v) is 17.7. The van der Waals surface area contributed by atoms with Gasteiger partial charge in [-0.15, -0.1) is 0 Å². The molecule has 4 heteroatoms. The zero-order valence-electron chi connectivity index (χ0n) is 17.7. The van der Waals surface area contributed by atoms with Crippen molar-refractivity contribution in [1.82, 2.24) is 0 Å². The molecular formula is C27H25N3O. The summed E-state index contributed by atoms with van der Waals surface area (Å²) >= 11 is 0. The van der Waals surface area contributed by atoms with Gasteiger partial charge in [-0.05, 0) is 73.2 Å². The third-order valence-corrected chi connectivity index (χ3v) is 6.06. The fourth-order valence-electron chi connectivity index (χ4n) is 4.37. The van der Waals surface area contributed by atoms with Gasteiger partial charge in [-0.3, -0.25) is 0 Å². The van der Waals surface area contributed by atoms with Crippen LogP contribution in [-0.4, -0.2) is 12.6 Å². The highest BCUT2D eigenvalue weighted by atomic mass is 16.5. The Labute approximate surface area is 184 Å². The molecule has 0 atom stereocenters. The third-order valence-electron chi connectivity index (χ3n) is 6.06. The van der Waals surface area contributed by atoms with Gasteiger partial charge in [0, 0.05) is 24.8 Å². The van der Waals surface area contributed by atoms with Gasteiger partial charge in [0.1, 0.15) is 11.4 Å². The van der Waals surface area contributed by atoms with Gasteiger partial charge in [0.15, 0.2) is 0 Å². The van der Waals surface area contributed by atoms with E-state index in [2.05, 4.69) is 53.2 Å². The van der Waals surface area contributed by atoms with Crippen LogP contribution in [-0.2, 0) is 4.74 Å². The quantitative estimate of drug-likeness (QED) is 0.414. The van der Waals surface area contributed by atoms with Crippen molar-refractivity contribution >= 4 is 17.5 Å². The van der Waals surface area contributed by atoms with E-state index in [0.29, 0.717) is 6.42 Å². The average molecular weight is 408 g/mol. The van der Waals surface area contributed by atoms with E-state index in [1.807, 2.05) is 42.5 Å². The highest BCUT2D eigenvalue weighted by molar-refractivity contribution is 5.65. The summed E-state index contributed by atoms with van der Waals surface area (Å²) in [5.41, 5.74) is 4.03. The second-order valence-corrected chi connectivity index (χ2v) is 8.13. The van der Waals surface area contributed by atoms with Crippen LogP contribution >= 0.6 is 0 Å². The van der Waals surface area contributed by atoms with Crippen molar-refractivity contribution in [1.29, 1.82) is 5.26 Å². The molecule has 2 aromatic carbocycles. The van der Waals surface area contributed by atoms with Gasteiger partial charge in [-0.25, -0.2) is 10.1 Å². The van der Waals surface area contributed by atoms with E-state index >= 15 is 0 Å². The van der Waals surface area contributed by atoms with Crippen LogP contribution in [0.5, 0.6) is 0 Å². The van der Waals surface area contributed by atoms with Crippen LogP contribution in [0.2, 0.25) is 0 Å². The number of anilines is 2. The first-order valence-corrected chi connectivity index (χ1v) is 10.6. The summed E-state index contributed by atoms with van der Waals surface area (Å²) in [7, 11) is 2.06. The SMILES string of the molecule is [C-]#[N+]/C(C#N)=C1C=C(/C=C/c2ccc(N(C)c3ccccc3)cc2)OC2(CCCC2)C/1. The van der Waals surface area contributed by atoms with Crippen molar-refractivity contribution in [2.75, 3.05) is 11.9 Å². The number of nitrogens with zero attached hydrogens (tertiary/aromatic N) is 3. The fourth-order valence-corrected chi connectivity index (χ4v) is 4.37. The first kappa shape index (κ1) is 20.5. The monoisotopic (exact) mass is 407 g/mol. The number of benzene rings is 2. The molecule has 4 nitrogen and oxygen atoms in total. The lowest BCUT2D eigenvalue weighted by Gasteiger charge is -2.35. The molecule has 0 bridgehead atoms. The fraction of sp³-hybridized carbons (Fsp3) is 0.259. The van der Waals surface area contributed by atoms with Gasteiger partial charge in [-0.2, -0.15) is 0 Å². The maximum Gasteiger partial charge on any atom is 0.265 e. The Bertz CT molecular complexity index is 1090. The van der Waals surface area contributed by atoms with Crippen molar-refractivity contribution in [3.05, 3.63) is 101 Å². The number of ether oxygens (including phenoxy) is 1. The summed E-state index contributed by atoms with van der Waals surface area (Å²) < 4.78 is 6.37. The van der Waals surface area contributed by atoms with Crippen molar-refractivity contribution in [3.63, 3.8) is 0 Å². The Balaban J connectivity index is 1.55. The first-order chi connectivity index (χ1) is 15.1. The molecule has 0 saturated heterocycles. The van der Waals surface area contributed by atoms with Crippen molar-refractivity contribution in [2.24, 2.45) is 0 Å². The van der Waals surface area contributed by atoms with Crippen molar-refractivity contribution in [3.8, 4) is 6.07 Å². The molecule has 1 aliphatic carbocycles. The van der Waals surface area contributed by atoms with Crippen LogP contribution in [0.3, 0.4) is 0 Å². The maximum absolute atomic E-state index is 9.34. The molecule has 1 saturated carbocycles. The van der Waals surface area contributed by atoms with E-state index in [1.54, 1.807) is 0 Å². The zero-order chi connectivity index (χ0) is 21.7. The molecule has 154 valence electrons. The van der Waals surface area contributed by atoms with Crippen LogP contribution in [0.25, 0.3) is 10.9 Å². The largest absolute Gasteiger partial charge is 0.487 e. The molecule has 0 amide bonds. The highest BCUT2D eigenvalue weighted by Crippen LogP contribution is 2.44. The topological polar surface area (TPSA) is 40.6 Å². The van der Waals surface area contributed by atoms with E-state index in [0.717, 1.165) is 54.0 Å². The summed E-state index contributed by atoms with van der Waals surface area (Å²) in [6, 6.07) is 20.7. The number of allylic oxidation sites excluding steroid dienone is 3. The minimum atomic E-state index is -0.265. The predicted octanol–water partition coefficient (Wildman–Crippen LogP) is 6.78. The molecule has 4 rings (SSSR count). The van der Waals surface area contributed by atoms with Gasteiger partial charge in [-0.1, -0.05) is 36.4 Å². The maximum atomic E-state index is 9.34. The summed E-state index contributed by atoms with van der Waals surface area (Å²) in [6.45, 7) is 7.33. The molecule has 1 heterocycles. The van der Waals surface area contributed by atoms with Crippen LogP contribution in [0.4, 0.5) is 11.4 Å². The molecule has 0 unspecified atom stereocenters. The molecule has 1 fully saturated rings. The molecule has 2 aliphatic rings. The van der Waals surface area contributed by atoms with Crippen molar-refractivity contribution < 1.29 is 4.74 Å². The number of hydrogen-bond donors (Lipinski definition) is 0. The Kier molecular flexibility index (Phi) is 5.92. The average Bonchev–Trinajstić information content (AvgIpc) is 3.26. The highest BCUT2D eigenvalue weighted by Gasteiger charge is 2.39. The number of rotatable bonds is 4.